The van der Waals surface area contributed by atoms with E-state index in [1.807, 2.05) is 4.57 Å². The predicted octanol–water partition coefficient (Wildman–Crippen LogP) is 4.66. The molecule has 1 heterocycles. The van der Waals surface area contributed by atoms with E-state index in [1.165, 1.54) is 6.07 Å². The maximum atomic E-state index is 13.7. The molecular weight excluding hydrogens is 286 g/mol. The highest BCUT2D eigenvalue weighted by molar-refractivity contribution is 6.31. The number of rotatable bonds is 3. The Morgan fingerprint density at radius 3 is 2.58 bits per heavy atom. The molecule has 2 rings (SSSR count). The van der Waals surface area contributed by atoms with Gasteiger partial charge in [-0.3, -0.25) is 0 Å². The van der Waals surface area contributed by atoms with Crippen molar-refractivity contribution in [2.75, 3.05) is 5.88 Å². The van der Waals surface area contributed by atoms with Gasteiger partial charge < -0.3 is 4.57 Å². The molecule has 104 valence electrons. The minimum absolute atomic E-state index is 0.0742. The van der Waals surface area contributed by atoms with Gasteiger partial charge in [-0.1, -0.05) is 32.4 Å². The van der Waals surface area contributed by atoms with Gasteiger partial charge in [0.2, 0.25) is 0 Å². The molecule has 0 aliphatic heterocycles. The first-order valence-electron chi connectivity index (χ1n) is 6.22. The van der Waals surface area contributed by atoms with Crippen LogP contribution in [0.3, 0.4) is 0 Å². The van der Waals surface area contributed by atoms with Crippen molar-refractivity contribution in [3.05, 3.63) is 28.8 Å². The molecule has 0 atom stereocenters. The third kappa shape index (κ3) is 3.21. The van der Waals surface area contributed by atoms with Gasteiger partial charge in [0.25, 0.3) is 0 Å². The van der Waals surface area contributed by atoms with Crippen molar-refractivity contribution in [3.8, 4) is 0 Å². The molecule has 0 saturated carbocycles. The van der Waals surface area contributed by atoms with E-state index in [4.69, 9.17) is 23.2 Å². The molecule has 0 N–H and O–H groups in total. The second kappa shape index (κ2) is 5.29. The van der Waals surface area contributed by atoms with Gasteiger partial charge in [0.05, 0.1) is 16.1 Å². The van der Waals surface area contributed by atoms with Gasteiger partial charge in [-0.05, 0) is 11.5 Å². The zero-order valence-corrected chi connectivity index (χ0v) is 12.8. The van der Waals surface area contributed by atoms with Gasteiger partial charge in [0.15, 0.2) is 0 Å². The molecule has 0 bridgehead atoms. The molecule has 2 nitrogen and oxygen atoms in total. The van der Waals surface area contributed by atoms with Crippen molar-refractivity contribution in [1.29, 1.82) is 0 Å². The highest BCUT2D eigenvalue weighted by Gasteiger charge is 2.18. The molecule has 5 heteroatoms. The summed E-state index contributed by atoms with van der Waals surface area (Å²) in [4.78, 5) is 4.52. The molecule has 0 fully saturated rings. The molecular formula is C14H17Cl2FN2. The standard InChI is InChI=1S/C14H17Cl2FN2/c1-14(2,3)8-19-12-7-10(17)9(16)6-11(12)18-13(19)4-5-15/h6-7H,4-5,8H2,1-3H3. The van der Waals surface area contributed by atoms with Crippen molar-refractivity contribution in [2.45, 2.75) is 33.7 Å². The first-order chi connectivity index (χ1) is 8.81. The number of benzene rings is 1. The second-order valence-electron chi connectivity index (χ2n) is 5.87. The average molecular weight is 303 g/mol. The Morgan fingerprint density at radius 1 is 1.32 bits per heavy atom. The number of nitrogens with zero attached hydrogens (tertiary/aromatic N) is 2. The number of alkyl halides is 1. The quantitative estimate of drug-likeness (QED) is 0.754. The normalized spacial score (nSPS) is 12.3. The second-order valence-corrected chi connectivity index (χ2v) is 6.65. The zero-order chi connectivity index (χ0) is 14.2. The minimum Gasteiger partial charge on any atom is -0.327 e. The van der Waals surface area contributed by atoms with E-state index < -0.39 is 5.82 Å². The highest BCUT2D eigenvalue weighted by atomic mass is 35.5. The summed E-state index contributed by atoms with van der Waals surface area (Å²) in [6.07, 6.45) is 0.658. The molecule has 0 radical (unpaired) electrons. The lowest BCUT2D eigenvalue weighted by atomic mass is 9.96. The van der Waals surface area contributed by atoms with Gasteiger partial charge in [0.1, 0.15) is 11.6 Å². The third-order valence-corrected chi connectivity index (χ3v) is 3.30. The fourth-order valence-corrected chi connectivity index (χ4v) is 2.42. The monoisotopic (exact) mass is 302 g/mol. The van der Waals surface area contributed by atoms with Crippen LogP contribution in [0.5, 0.6) is 0 Å². The molecule has 0 spiro atoms. The Bertz CT molecular complexity index is 599. The topological polar surface area (TPSA) is 17.8 Å². The summed E-state index contributed by atoms with van der Waals surface area (Å²) in [7, 11) is 0. The maximum absolute atomic E-state index is 13.7. The molecule has 1 aromatic heterocycles. The predicted molar refractivity (Wildman–Crippen MR) is 78.6 cm³/mol. The summed E-state index contributed by atoms with van der Waals surface area (Å²) in [5.74, 6) is 0.951. The molecule has 19 heavy (non-hydrogen) atoms. The van der Waals surface area contributed by atoms with Crippen LogP contribution in [0.2, 0.25) is 5.02 Å². The van der Waals surface area contributed by atoms with Crippen molar-refractivity contribution in [1.82, 2.24) is 9.55 Å². The Morgan fingerprint density at radius 2 is 2.00 bits per heavy atom. The van der Waals surface area contributed by atoms with Crippen molar-refractivity contribution < 1.29 is 4.39 Å². The molecule has 0 amide bonds. The molecule has 0 saturated heterocycles. The number of halogens is 3. The Hall–Kier alpha value is -0.800. The molecule has 2 aromatic rings. The van der Waals surface area contributed by atoms with Crippen molar-refractivity contribution in [2.24, 2.45) is 5.41 Å². The lowest BCUT2D eigenvalue weighted by Crippen LogP contribution is -2.17. The Balaban J connectivity index is 2.62. The van der Waals surface area contributed by atoms with Crippen LogP contribution in [-0.2, 0) is 13.0 Å². The largest absolute Gasteiger partial charge is 0.327 e. The smallest absolute Gasteiger partial charge is 0.144 e. The molecule has 1 aromatic carbocycles. The molecule has 0 aliphatic carbocycles. The lowest BCUT2D eigenvalue weighted by molar-refractivity contribution is 0.343. The van der Waals surface area contributed by atoms with E-state index in [1.54, 1.807) is 6.07 Å². The first-order valence-corrected chi connectivity index (χ1v) is 7.13. The highest BCUT2D eigenvalue weighted by Crippen LogP contribution is 2.27. The SMILES string of the molecule is CC(C)(C)Cn1c(CCCl)nc2cc(Cl)c(F)cc21. The van der Waals surface area contributed by atoms with Crippen LogP contribution in [0.25, 0.3) is 11.0 Å². The molecule has 0 aliphatic rings. The number of aryl methyl sites for hydroxylation is 1. The summed E-state index contributed by atoms with van der Waals surface area (Å²) in [5, 5.41) is 0.102. The van der Waals surface area contributed by atoms with Crippen molar-refractivity contribution >= 4 is 34.2 Å². The van der Waals surface area contributed by atoms with E-state index in [2.05, 4.69) is 25.8 Å². The van der Waals surface area contributed by atoms with E-state index >= 15 is 0 Å². The maximum Gasteiger partial charge on any atom is 0.144 e. The Labute approximate surface area is 122 Å². The van der Waals surface area contributed by atoms with Crippen LogP contribution in [0.15, 0.2) is 12.1 Å². The van der Waals surface area contributed by atoms with Gasteiger partial charge in [0, 0.05) is 24.9 Å². The number of imidazole rings is 1. The van der Waals surface area contributed by atoms with Crippen LogP contribution < -0.4 is 0 Å². The van der Waals surface area contributed by atoms with E-state index in [0.717, 1.165) is 23.4 Å². The lowest BCUT2D eigenvalue weighted by Gasteiger charge is -2.21. The van der Waals surface area contributed by atoms with Gasteiger partial charge in [-0.15, -0.1) is 11.6 Å². The van der Waals surface area contributed by atoms with Gasteiger partial charge in [-0.25, -0.2) is 9.37 Å². The fourth-order valence-electron chi connectivity index (χ4n) is 2.10. The summed E-state index contributed by atoms with van der Waals surface area (Å²) in [6.45, 7) is 7.16. The number of hydrogen-bond donors (Lipinski definition) is 0. The minimum atomic E-state index is -0.415. The van der Waals surface area contributed by atoms with E-state index in [-0.39, 0.29) is 10.4 Å². The summed E-state index contributed by atoms with van der Waals surface area (Å²) < 4.78 is 15.7. The average Bonchev–Trinajstić information content (AvgIpc) is 2.57. The van der Waals surface area contributed by atoms with Gasteiger partial charge >= 0.3 is 0 Å². The van der Waals surface area contributed by atoms with Crippen LogP contribution in [0.4, 0.5) is 4.39 Å². The van der Waals surface area contributed by atoms with E-state index in [9.17, 15) is 4.39 Å². The number of aromatic nitrogens is 2. The first kappa shape index (κ1) is 14.6. The molecule has 0 unspecified atom stereocenters. The number of fused-ring (bicyclic) bond motifs is 1. The fraction of sp³-hybridized carbons (Fsp3) is 0.500. The van der Waals surface area contributed by atoms with Crippen LogP contribution in [0.1, 0.15) is 26.6 Å². The van der Waals surface area contributed by atoms with E-state index in [0.29, 0.717) is 12.3 Å². The number of hydrogen-bond acceptors (Lipinski definition) is 1. The van der Waals surface area contributed by atoms with Crippen molar-refractivity contribution in [3.63, 3.8) is 0 Å². The van der Waals surface area contributed by atoms with Gasteiger partial charge in [-0.2, -0.15) is 0 Å². The summed E-state index contributed by atoms with van der Waals surface area (Å²) in [6, 6.07) is 3.03. The Kier molecular flexibility index (Phi) is 4.07. The third-order valence-electron chi connectivity index (χ3n) is 2.82. The van der Waals surface area contributed by atoms with Crippen LogP contribution in [-0.4, -0.2) is 15.4 Å². The van der Waals surface area contributed by atoms with Crippen LogP contribution >= 0.6 is 23.2 Å². The zero-order valence-electron chi connectivity index (χ0n) is 11.3. The summed E-state index contributed by atoms with van der Waals surface area (Å²) >= 11 is 11.6. The summed E-state index contributed by atoms with van der Waals surface area (Å²) in [5.41, 5.74) is 1.57. The van der Waals surface area contributed by atoms with Crippen LogP contribution in [0, 0.1) is 11.2 Å².